The summed E-state index contributed by atoms with van der Waals surface area (Å²) in [6.45, 7) is 5.04. The number of esters is 1. The van der Waals surface area contributed by atoms with Gasteiger partial charge in [0, 0.05) is 12.6 Å². The normalized spacial score (nSPS) is 10.9. The van der Waals surface area contributed by atoms with Crippen molar-refractivity contribution in [3.8, 4) is 0 Å². The lowest BCUT2D eigenvalue weighted by atomic mass is 10.1. The molecule has 0 aliphatic heterocycles. The molecule has 26 heavy (non-hydrogen) atoms. The van der Waals surface area contributed by atoms with E-state index in [0.717, 1.165) is 0 Å². The summed E-state index contributed by atoms with van der Waals surface area (Å²) in [7, 11) is -3.80. The van der Waals surface area contributed by atoms with E-state index in [1.54, 1.807) is 19.9 Å². The quantitative estimate of drug-likeness (QED) is 0.755. The van der Waals surface area contributed by atoms with E-state index >= 15 is 0 Å². The summed E-state index contributed by atoms with van der Waals surface area (Å²) in [6.07, 6.45) is 0. The van der Waals surface area contributed by atoms with E-state index in [0.29, 0.717) is 22.5 Å². The summed E-state index contributed by atoms with van der Waals surface area (Å²) in [5.41, 5.74) is 1.82. The Morgan fingerprint density at radius 2 is 1.73 bits per heavy atom. The number of ether oxygens (including phenoxy) is 1. The molecule has 2 rings (SSSR count). The molecule has 0 unspecified atom stereocenters. The van der Waals surface area contributed by atoms with Gasteiger partial charge in [0.2, 0.25) is 5.91 Å². The van der Waals surface area contributed by atoms with Gasteiger partial charge in [0.15, 0.2) is 0 Å². The molecule has 0 aliphatic carbocycles. The number of nitrogens with one attached hydrogen (secondary N) is 2. The highest BCUT2D eigenvalue weighted by Crippen LogP contribution is 2.22. The molecule has 138 valence electrons. The second-order valence-corrected chi connectivity index (χ2v) is 7.24. The second kappa shape index (κ2) is 8.01. The Labute approximate surface area is 152 Å². The van der Waals surface area contributed by atoms with Crippen molar-refractivity contribution in [1.29, 1.82) is 0 Å². The number of anilines is 2. The zero-order valence-electron chi connectivity index (χ0n) is 14.7. The maximum absolute atomic E-state index is 12.5. The van der Waals surface area contributed by atoms with Crippen molar-refractivity contribution in [2.24, 2.45) is 0 Å². The minimum atomic E-state index is -3.80. The Morgan fingerprint density at radius 1 is 1.08 bits per heavy atom. The fourth-order valence-corrected chi connectivity index (χ4v) is 3.37. The highest BCUT2D eigenvalue weighted by atomic mass is 32.2. The minimum absolute atomic E-state index is 0.0560. The Kier molecular flexibility index (Phi) is 5.99. The standard InChI is InChI=1S/C18H20N2O5S/c1-4-25-18(22)14-5-10-17(12(2)11-14)20-26(23,24)16-8-6-15(7-9-16)19-13(3)21/h5-11,20H,4H2,1-3H3,(H,19,21). The van der Waals surface area contributed by atoms with Gasteiger partial charge >= 0.3 is 5.97 Å². The highest BCUT2D eigenvalue weighted by molar-refractivity contribution is 7.92. The summed E-state index contributed by atoms with van der Waals surface area (Å²) >= 11 is 0. The van der Waals surface area contributed by atoms with Crippen LogP contribution in [-0.2, 0) is 19.6 Å². The van der Waals surface area contributed by atoms with Gasteiger partial charge in [-0.25, -0.2) is 13.2 Å². The van der Waals surface area contributed by atoms with Crippen LogP contribution in [0.15, 0.2) is 47.4 Å². The van der Waals surface area contributed by atoms with Crippen LogP contribution in [0.1, 0.15) is 29.8 Å². The van der Waals surface area contributed by atoms with Gasteiger partial charge in [-0.15, -0.1) is 0 Å². The molecule has 0 heterocycles. The van der Waals surface area contributed by atoms with Crippen LogP contribution in [-0.4, -0.2) is 26.9 Å². The summed E-state index contributed by atoms with van der Waals surface area (Å²) in [5.74, 6) is -0.699. The number of carbonyl (C=O) groups excluding carboxylic acids is 2. The summed E-state index contributed by atoms with van der Waals surface area (Å²) in [4.78, 5) is 22.8. The van der Waals surface area contributed by atoms with Crippen LogP contribution in [0.4, 0.5) is 11.4 Å². The largest absolute Gasteiger partial charge is 0.462 e. The van der Waals surface area contributed by atoms with E-state index in [9.17, 15) is 18.0 Å². The molecule has 0 saturated carbocycles. The first kappa shape index (κ1) is 19.5. The molecule has 0 saturated heterocycles. The van der Waals surface area contributed by atoms with E-state index in [1.807, 2.05) is 0 Å². The molecule has 0 fully saturated rings. The smallest absolute Gasteiger partial charge is 0.338 e. The lowest BCUT2D eigenvalue weighted by molar-refractivity contribution is -0.114. The Hall–Kier alpha value is -2.87. The Bertz CT molecular complexity index is 921. The first-order valence-corrected chi connectivity index (χ1v) is 9.39. The number of hydrogen-bond donors (Lipinski definition) is 2. The van der Waals surface area contributed by atoms with Gasteiger partial charge in [-0.05, 0) is 61.9 Å². The number of amides is 1. The molecule has 2 aromatic rings. The van der Waals surface area contributed by atoms with E-state index in [1.165, 1.54) is 43.3 Å². The van der Waals surface area contributed by atoms with Crippen molar-refractivity contribution in [2.45, 2.75) is 25.7 Å². The number of rotatable bonds is 6. The van der Waals surface area contributed by atoms with Crippen molar-refractivity contribution in [3.63, 3.8) is 0 Å². The molecule has 0 atom stereocenters. The van der Waals surface area contributed by atoms with E-state index < -0.39 is 16.0 Å². The van der Waals surface area contributed by atoms with Crippen molar-refractivity contribution in [2.75, 3.05) is 16.6 Å². The molecule has 0 bridgehead atoms. The molecule has 1 amide bonds. The first-order valence-electron chi connectivity index (χ1n) is 7.91. The Morgan fingerprint density at radius 3 is 2.27 bits per heavy atom. The van der Waals surface area contributed by atoms with E-state index in [2.05, 4.69) is 10.0 Å². The molecule has 7 nitrogen and oxygen atoms in total. The third kappa shape index (κ3) is 4.82. The zero-order chi connectivity index (χ0) is 19.3. The van der Waals surface area contributed by atoms with Crippen LogP contribution in [0, 0.1) is 6.92 Å². The average molecular weight is 376 g/mol. The van der Waals surface area contributed by atoms with Crippen LogP contribution >= 0.6 is 0 Å². The molecule has 2 N–H and O–H groups in total. The number of sulfonamides is 1. The van der Waals surface area contributed by atoms with Crippen LogP contribution in [0.3, 0.4) is 0 Å². The molecular weight excluding hydrogens is 356 g/mol. The molecule has 0 aliphatic rings. The van der Waals surface area contributed by atoms with Gasteiger partial charge in [-0.1, -0.05) is 0 Å². The van der Waals surface area contributed by atoms with Gasteiger partial charge in [0.05, 0.1) is 22.8 Å². The molecular formula is C18H20N2O5S. The predicted octanol–water partition coefficient (Wildman–Crippen LogP) is 2.93. The number of carbonyl (C=O) groups is 2. The third-order valence-electron chi connectivity index (χ3n) is 3.47. The molecule has 0 radical (unpaired) electrons. The third-order valence-corrected chi connectivity index (χ3v) is 4.85. The van der Waals surface area contributed by atoms with Crippen molar-refractivity contribution >= 4 is 33.3 Å². The minimum Gasteiger partial charge on any atom is -0.462 e. The number of aryl methyl sites for hydroxylation is 1. The zero-order valence-corrected chi connectivity index (χ0v) is 15.5. The summed E-state index contributed by atoms with van der Waals surface area (Å²) < 4.78 is 32.5. The first-order chi connectivity index (χ1) is 12.2. The van der Waals surface area contributed by atoms with E-state index in [4.69, 9.17) is 4.74 Å². The summed E-state index contributed by atoms with van der Waals surface area (Å²) in [5, 5.41) is 2.57. The van der Waals surface area contributed by atoms with E-state index in [-0.39, 0.29) is 17.4 Å². The molecule has 2 aromatic carbocycles. The topological polar surface area (TPSA) is 102 Å². The van der Waals surface area contributed by atoms with Crippen LogP contribution in [0.2, 0.25) is 0 Å². The van der Waals surface area contributed by atoms with Gasteiger partial charge in [-0.2, -0.15) is 0 Å². The van der Waals surface area contributed by atoms with Crippen LogP contribution in [0.25, 0.3) is 0 Å². The second-order valence-electron chi connectivity index (χ2n) is 5.56. The fraction of sp³-hybridized carbons (Fsp3) is 0.222. The van der Waals surface area contributed by atoms with Crippen molar-refractivity contribution in [3.05, 3.63) is 53.6 Å². The van der Waals surface area contributed by atoms with Gasteiger partial charge in [-0.3, -0.25) is 9.52 Å². The Balaban J connectivity index is 2.21. The fourth-order valence-electron chi connectivity index (χ4n) is 2.24. The predicted molar refractivity (Wildman–Crippen MR) is 98.7 cm³/mol. The van der Waals surface area contributed by atoms with Crippen molar-refractivity contribution < 1.29 is 22.7 Å². The number of hydrogen-bond acceptors (Lipinski definition) is 5. The maximum atomic E-state index is 12.5. The van der Waals surface area contributed by atoms with Gasteiger partial charge < -0.3 is 10.1 Å². The SMILES string of the molecule is CCOC(=O)c1ccc(NS(=O)(=O)c2ccc(NC(C)=O)cc2)c(C)c1. The lowest BCUT2D eigenvalue weighted by Crippen LogP contribution is -2.14. The molecule has 8 heteroatoms. The molecule has 0 aromatic heterocycles. The highest BCUT2D eigenvalue weighted by Gasteiger charge is 2.16. The van der Waals surface area contributed by atoms with Crippen LogP contribution < -0.4 is 10.0 Å². The maximum Gasteiger partial charge on any atom is 0.338 e. The summed E-state index contributed by atoms with van der Waals surface area (Å²) in [6, 6.07) is 10.4. The van der Waals surface area contributed by atoms with Crippen LogP contribution in [0.5, 0.6) is 0 Å². The number of benzene rings is 2. The average Bonchev–Trinajstić information content (AvgIpc) is 2.56. The van der Waals surface area contributed by atoms with Gasteiger partial charge in [0.25, 0.3) is 10.0 Å². The molecule has 0 spiro atoms. The van der Waals surface area contributed by atoms with Gasteiger partial charge in [0.1, 0.15) is 0 Å². The van der Waals surface area contributed by atoms with Crippen molar-refractivity contribution in [1.82, 2.24) is 0 Å². The lowest BCUT2D eigenvalue weighted by Gasteiger charge is -2.12. The monoisotopic (exact) mass is 376 g/mol.